The highest BCUT2D eigenvalue weighted by Crippen LogP contribution is 2.30. The zero-order chi connectivity index (χ0) is 22.2. The fourth-order valence-electron chi connectivity index (χ4n) is 3.91. The molecule has 1 aromatic carbocycles. The number of nitrogens with zero attached hydrogens (tertiary/aromatic N) is 3. The molecule has 0 saturated heterocycles. The summed E-state index contributed by atoms with van der Waals surface area (Å²) in [5.41, 5.74) is 2.37. The fourth-order valence-corrected chi connectivity index (χ4v) is 5.35. The van der Waals surface area contributed by atoms with Gasteiger partial charge in [0.15, 0.2) is 0 Å². The van der Waals surface area contributed by atoms with Gasteiger partial charge in [-0.15, -0.1) is 0 Å². The van der Waals surface area contributed by atoms with Crippen molar-refractivity contribution in [3.63, 3.8) is 0 Å². The molecule has 0 radical (unpaired) electrons. The number of hydrogen-bond donors (Lipinski definition) is 0. The van der Waals surface area contributed by atoms with Crippen molar-refractivity contribution in [2.45, 2.75) is 44.3 Å². The molecule has 0 fully saturated rings. The maximum absolute atomic E-state index is 13.2. The first-order valence-corrected chi connectivity index (χ1v) is 11.4. The van der Waals surface area contributed by atoms with E-state index in [-0.39, 0.29) is 18.7 Å². The highest BCUT2D eigenvalue weighted by molar-refractivity contribution is 7.88. The Morgan fingerprint density at radius 1 is 1.13 bits per heavy atom. The lowest BCUT2D eigenvalue weighted by molar-refractivity contribution is -0.137. The van der Waals surface area contributed by atoms with Crippen LogP contribution < -0.4 is 0 Å². The van der Waals surface area contributed by atoms with Gasteiger partial charge in [0.2, 0.25) is 10.0 Å². The summed E-state index contributed by atoms with van der Waals surface area (Å²) in [6, 6.07) is 7.55. The van der Waals surface area contributed by atoms with E-state index in [1.165, 1.54) is 22.7 Å². The lowest BCUT2D eigenvalue weighted by atomic mass is 10.1. The fraction of sp³-hybridized carbons (Fsp3) is 0.381. The zero-order valence-corrected chi connectivity index (χ0v) is 17.7. The molecule has 10 heteroatoms. The summed E-state index contributed by atoms with van der Waals surface area (Å²) in [7, 11) is -2.01. The molecule has 6 nitrogen and oxygen atoms in total. The van der Waals surface area contributed by atoms with Crippen LogP contribution in [0.15, 0.2) is 47.1 Å². The van der Waals surface area contributed by atoms with E-state index < -0.39 is 27.5 Å². The van der Waals surface area contributed by atoms with Crippen molar-refractivity contribution in [1.82, 2.24) is 14.1 Å². The molecule has 4 rings (SSSR count). The van der Waals surface area contributed by atoms with Crippen LogP contribution in [0.25, 0.3) is 0 Å². The van der Waals surface area contributed by atoms with Crippen LogP contribution in [0.3, 0.4) is 0 Å². The molecule has 3 aromatic rings. The molecular formula is C21H22F3N3O3S. The Morgan fingerprint density at radius 3 is 2.52 bits per heavy atom. The first kappa shape index (κ1) is 21.6. The summed E-state index contributed by atoms with van der Waals surface area (Å²) in [5, 5.41) is 4.52. The maximum Gasteiger partial charge on any atom is 0.416 e. The Bertz CT molecular complexity index is 1150. The van der Waals surface area contributed by atoms with Gasteiger partial charge in [-0.1, -0.05) is 12.1 Å². The molecule has 0 bridgehead atoms. The van der Waals surface area contributed by atoms with Gasteiger partial charge in [0.1, 0.15) is 5.76 Å². The lowest BCUT2D eigenvalue weighted by Crippen LogP contribution is -2.31. The van der Waals surface area contributed by atoms with E-state index in [4.69, 9.17) is 4.42 Å². The van der Waals surface area contributed by atoms with Crippen molar-refractivity contribution in [3.05, 3.63) is 76.5 Å². The van der Waals surface area contributed by atoms with E-state index in [1.807, 2.05) is 7.05 Å². The van der Waals surface area contributed by atoms with Crippen LogP contribution in [0.1, 0.15) is 40.3 Å². The second-order valence-electron chi connectivity index (χ2n) is 7.65. The average Bonchev–Trinajstić information content (AvgIpc) is 3.42. The minimum Gasteiger partial charge on any atom is -0.468 e. The standard InChI is InChI=1S/C21H22F3N3O3S/c1-26-20-6-2-5-18(20)19(25-26)13-27(12-17-4-3-11-30-17)31(28,29)14-15-7-9-16(10-8-15)21(22,23)24/h3-4,7-11H,2,5-6,12-14H2,1H3. The lowest BCUT2D eigenvalue weighted by Gasteiger charge is -2.21. The number of aryl methyl sites for hydroxylation is 1. The van der Waals surface area contributed by atoms with Crippen LogP contribution in [-0.4, -0.2) is 22.5 Å². The molecule has 166 valence electrons. The van der Waals surface area contributed by atoms with Gasteiger partial charge in [0.05, 0.1) is 36.4 Å². The van der Waals surface area contributed by atoms with Crippen LogP contribution in [-0.2, 0) is 54.9 Å². The highest BCUT2D eigenvalue weighted by Gasteiger charge is 2.31. The van der Waals surface area contributed by atoms with E-state index >= 15 is 0 Å². The normalized spacial score (nSPS) is 14.4. The van der Waals surface area contributed by atoms with Gasteiger partial charge in [0.25, 0.3) is 0 Å². The Labute approximate surface area is 178 Å². The van der Waals surface area contributed by atoms with Gasteiger partial charge >= 0.3 is 6.18 Å². The number of sulfonamides is 1. The van der Waals surface area contributed by atoms with Gasteiger partial charge in [0, 0.05) is 12.7 Å². The Hall–Kier alpha value is -2.59. The average molecular weight is 453 g/mol. The van der Waals surface area contributed by atoms with Crippen LogP contribution in [0.2, 0.25) is 0 Å². The summed E-state index contributed by atoms with van der Waals surface area (Å²) < 4.78 is 73.3. The molecule has 0 saturated carbocycles. The Kier molecular flexibility index (Phi) is 5.69. The molecule has 0 spiro atoms. The first-order valence-electron chi connectivity index (χ1n) is 9.83. The number of rotatable bonds is 7. The van der Waals surface area contributed by atoms with Gasteiger partial charge in [-0.3, -0.25) is 4.68 Å². The van der Waals surface area contributed by atoms with E-state index in [0.29, 0.717) is 11.5 Å². The Balaban J connectivity index is 1.60. The third-order valence-corrected chi connectivity index (χ3v) is 7.20. The summed E-state index contributed by atoms with van der Waals surface area (Å²) >= 11 is 0. The quantitative estimate of drug-likeness (QED) is 0.541. The molecule has 0 atom stereocenters. The third kappa shape index (κ3) is 4.69. The SMILES string of the molecule is Cn1nc(CN(Cc2ccco2)S(=O)(=O)Cc2ccc(C(F)(F)F)cc2)c2c1CCC2. The van der Waals surface area contributed by atoms with E-state index in [1.54, 1.807) is 16.8 Å². The third-order valence-electron chi connectivity index (χ3n) is 5.46. The molecule has 0 aliphatic heterocycles. The number of furan rings is 1. The Morgan fingerprint density at radius 2 is 1.87 bits per heavy atom. The largest absolute Gasteiger partial charge is 0.468 e. The highest BCUT2D eigenvalue weighted by atomic mass is 32.2. The van der Waals surface area contributed by atoms with Gasteiger partial charge in [-0.25, -0.2) is 8.42 Å². The van der Waals surface area contributed by atoms with Crippen LogP contribution in [0.5, 0.6) is 0 Å². The van der Waals surface area contributed by atoms with E-state index in [9.17, 15) is 21.6 Å². The zero-order valence-electron chi connectivity index (χ0n) is 16.9. The van der Waals surface area contributed by atoms with Crippen molar-refractivity contribution in [1.29, 1.82) is 0 Å². The van der Waals surface area contributed by atoms with E-state index in [0.717, 1.165) is 42.7 Å². The number of benzene rings is 1. The summed E-state index contributed by atoms with van der Waals surface area (Å²) in [6.07, 6.45) is -0.234. The number of fused-ring (bicyclic) bond motifs is 1. The van der Waals surface area contributed by atoms with Crippen LogP contribution in [0, 0.1) is 0 Å². The number of hydrogen-bond acceptors (Lipinski definition) is 4. The summed E-state index contributed by atoms with van der Waals surface area (Å²) in [4.78, 5) is 0. The molecule has 0 amide bonds. The van der Waals surface area contributed by atoms with Gasteiger partial charge in [-0.2, -0.15) is 22.6 Å². The number of alkyl halides is 3. The second-order valence-corrected chi connectivity index (χ2v) is 9.62. The molecule has 2 aromatic heterocycles. The summed E-state index contributed by atoms with van der Waals surface area (Å²) in [6.45, 7) is 0.0914. The number of halogens is 3. The summed E-state index contributed by atoms with van der Waals surface area (Å²) in [5.74, 6) is 0.0597. The number of aromatic nitrogens is 2. The maximum atomic E-state index is 13.2. The molecule has 0 N–H and O–H groups in total. The monoisotopic (exact) mass is 453 g/mol. The smallest absolute Gasteiger partial charge is 0.416 e. The van der Waals surface area contributed by atoms with Crippen molar-refractivity contribution in [2.75, 3.05) is 0 Å². The molecule has 0 unspecified atom stereocenters. The van der Waals surface area contributed by atoms with Gasteiger partial charge in [-0.05, 0) is 54.7 Å². The predicted octanol–water partition coefficient (Wildman–Crippen LogP) is 4.05. The first-order chi connectivity index (χ1) is 14.6. The van der Waals surface area contributed by atoms with Crippen LogP contribution in [0.4, 0.5) is 13.2 Å². The molecule has 2 heterocycles. The molecule has 31 heavy (non-hydrogen) atoms. The minimum absolute atomic E-state index is 0.0152. The van der Waals surface area contributed by atoms with Crippen molar-refractivity contribution in [3.8, 4) is 0 Å². The molecular weight excluding hydrogens is 431 g/mol. The van der Waals surface area contributed by atoms with Crippen molar-refractivity contribution in [2.24, 2.45) is 7.05 Å². The van der Waals surface area contributed by atoms with E-state index in [2.05, 4.69) is 5.10 Å². The second kappa shape index (κ2) is 8.16. The van der Waals surface area contributed by atoms with Gasteiger partial charge < -0.3 is 4.42 Å². The topological polar surface area (TPSA) is 68.3 Å². The van der Waals surface area contributed by atoms with Crippen molar-refractivity contribution >= 4 is 10.0 Å². The minimum atomic E-state index is -4.47. The molecule has 1 aliphatic carbocycles. The predicted molar refractivity (Wildman–Crippen MR) is 107 cm³/mol. The molecule has 1 aliphatic rings. The van der Waals surface area contributed by atoms with Crippen molar-refractivity contribution < 1.29 is 26.0 Å². The van der Waals surface area contributed by atoms with Crippen LogP contribution >= 0.6 is 0 Å².